The van der Waals surface area contributed by atoms with Crippen molar-refractivity contribution >= 4 is 5.91 Å². The molecular weight excluding hydrogens is 230 g/mol. The zero-order valence-corrected chi connectivity index (χ0v) is 9.95. The number of amides is 1. The van der Waals surface area contributed by atoms with Gasteiger partial charge in [-0.25, -0.2) is 0 Å². The maximum absolute atomic E-state index is 12.1. The fourth-order valence-corrected chi connectivity index (χ4v) is 1.73. The molecule has 1 N–H and O–H groups in total. The topological polar surface area (TPSA) is 53.7 Å². The molecule has 1 amide bonds. The van der Waals surface area contributed by atoms with E-state index >= 15 is 0 Å². The molecule has 0 aliphatic carbocycles. The van der Waals surface area contributed by atoms with Crippen LogP contribution in [0.3, 0.4) is 0 Å². The molecule has 0 atom stereocenters. The molecule has 0 bridgehead atoms. The van der Waals surface area contributed by atoms with Crippen LogP contribution in [-0.4, -0.2) is 29.1 Å². The molecule has 2 aromatic rings. The molecule has 0 aliphatic heterocycles. The summed E-state index contributed by atoms with van der Waals surface area (Å²) < 4.78 is 5.09. The monoisotopic (exact) mass is 245 g/mol. The van der Waals surface area contributed by atoms with E-state index in [2.05, 4.69) is 0 Å². The van der Waals surface area contributed by atoms with Crippen LogP contribution in [0.25, 0.3) is 0 Å². The van der Waals surface area contributed by atoms with E-state index in [-0.39, 0.29) is 19.1 Å². The van der Waals surface area contributed by atoms with Crippen LogP contribution in [0.15, 0.2) is 53.1 Å². The van der Waals surface area contributed by atoms with Gasteiger partial charge in [0.1, 0.15) is 0 Å². The van der Waals surface area contributed by atoms with Crippen molar-refractivity contribution in [3.05, 3.63) is 60.1 Å². The van der Waals surface area contributed by atoms with Crippen LogP contribution < -0.4 is 0 Å². The van der Waals surface area contributed by atoms with Gasteiger partial charge in [-0.05, 0) is 17.7 Å². The van der Waals surface area contributed by atoms with E-state index in [0.29, 0.717) is 12.3 Å². The van der Waals surface area contributed by atoms with E-state index in [1.54, 1.807) is 17.0 Å². The first-order valence-corrected chi connectivity index (χ1v) is 5.79. The average molecular weight is 245 g/mol. The summed E-state index contributed by atoms with van der Waals surface area (Å²) in [6.07, 6.45) is 1.47. The van der Waals surface area contributed by atoms with Gasteiger partial charge in [-0.1, -0.05) is 30.3 Å². The molecule has 0 saturated heterocycles. The van der Waals surface area contributed by atoms with Crippen LogP contribution in [0.2, 0.25) is 0 Å². The number of hydrogen-bond donors (Lipinski definition) is 1. The lowest BCUT2D eigenvalue weighted by atomic mass is 10.2. The maximum atomic E-state index is 12.1. The Bertz CT molecular complexity index is 479. The van der Waals surface area contributed by atoms with Crippen LogP contribution in [0.1, 0.15) is 16.1 Å². The molecule has 1 heterocycles. The number of nitrogens with zero attached hydrogens (tertiary/aromatic N) is 1. The molecule has 0 saturated carbocycles. The Balaban J connectivity index is 2.11. The molecule has 1 aromatic heterocycles. The van der Waals surface area contributed by atoms with Crippen molar-refractivity contribution < 1.29 is 14.3 Å². The van der Waals surface area contributed by atoms with Gasteiger partial charge in [0.2, 0.25) is 0 Å². The van der Waals surface area contributed by atoms with E-state index in [9.17, 15) is 4.79 Å². The van der Waals surface area contributed by atoms with Crippen molar-refractivity contribution in [3.8, 4) is 0 Å². The smallest absolute Gasteiger partial charge is 0.289 e. The van der Waals surface area contributed by atoms with Crippen LogP contribution in [0, 0.1) is 0 Å². The number of furan rings is 1. The highest BCUT2D eigenvalue weighted by atomic mass is 16.3. The first-order valence-electron chi connectivity index (χ1n) is 5.79. The first kappa shape index (κ1) is 12.4. The number of rotatable bonds is 5. The van der Waals surface area contributed by atoms with Gasteiger partial charge in [-0.15, -0.1) is 0 Å². The summed E-state index contributed by atoms with van der Waals surface area (Å²) in [5.41, 5.74) is 1.02. The molecule has 94 valence electrons. The molecule has 1 aromatic carbocycles. The SMILES string of the molecule is O=C(c1ccco1)N(CCO)Cc1ccccc1. The highest BCUT2D eigenvalue weighted by molar-refractivity contribution is 5.91. The zero-order valence-electron chi connectivity index (χ0n) is 9.95. The van der Waals surface area contributed by atoms with Gasteiger partial charge in [0, 0.05) is 13.1 Å². The number of benzene rings is 1. The molecule has 4 heteroatoms. The third-order valence-corrected chi connectivity index (χ3v) is 2.61. The summed E-state index contributed by atoms with van der Waals surface area (Å²) in [5.74, 6) is 0.0808. The Labute approximate surface area is 105 Å². The van der Waals surface area contributed by atoms with Gasteiger partial charge in [0.05, 0.1) is 12.9 Å². The fraction of sp³-hybridized carbons (Fsp3) is 0.214. The first-order chi connectivity index (χ1) is 8.81. The minimum Gasteiger partial charge on any atom is -0.459 e. The molecule has 4 nitrogen and oxygen atoms in total. The molecule has 2 rings (SSSR count). The summed E-state index contributed by atoms with van der Waals surface area (Å²) in [4.78, 5) is 13.7. The van der Waals surface area contributed by atoms with Crippen LogP contribution >= 0.6 is 0 Å². The Morgan fingerprint density at radius 2 is 1.94 bits per heavy atom. The van der Waals surface area contributed by atoms with Gasteiger partial charge >= 0.3 is 0 Å². The number of carbonyl (C=O) groups excluding carboxylic acids is 1. The Morgan fingerprint density at radius 3 is 2.56 bits per heavy atom. The third kappa shape index (κ3) is 2.99. The van der Waals surface area contributed by atoms with E-state index < -0.39 is 0 Å². The molecule has 0 fully saturated rings. The molecule has 0 radical (unpaired) electrons. The van der Waals surface area contributed by atoms with Gasteiger partial charge in [-0.2, -0.15) is 0 Å². The number of carbonyl (C=O) groups is 1. The minimum atomic E-state index is -0.210. The zero-order chi connectivity index (χ0) is 12.8. The molecule has 0 aliphatic rings. The molecular formula is C14H15NO3. The molecule has 18 heavy (non-hydrogen) atoms. The minimum absolute atomic E-state index is 0.0702. The average Bonchev–Trinajstić information content (AvgIpc) is 2.92. The second-order valence-electron chi connectivity index (χ2n) is 3.91. The van der Waals surface area contributed by atoms with Crippen molar-refractivity contribution in [2.24, 2.45) is 0 Å². The summed E-state index contributed by atoms with van der Waals surface area (Å²) in [5, 5.41) is 9.04. The largest absolute Gasteiger partial charge is 0.459 e. The second kappa shape index (κ2) is 6.02. The van der Waals surface area contributed by atoms with Gasteiger partial charge in [0.15, 0.2) is 5.76 Å². The second-order valence-corrected chi connectivity index (χ2v) is 3.91. The van der Waals surface area contributed by atoms with Crippen LogP contribution in [0.4, 0.5) is 0 Å². The summed E-state index contributed by atoms with van der Waals surface area (Å²) in [6.45, 7) is 0.675. The summed E-state index contributed by atoms with van der Waals surface area (Å²) in [7, 11) is 0. The normalized spacial score (nSPS) is 10.3. The lowest BCUT2D eigenvalue weighted by Crippen LogP contribution is -2.32. The van der Waals surface area contributed by atoms with Crippen molar-refractivity contribution in [1.82, 2.24) is 4.90 Å². The maximum Gasteiger partial charge on any atom is 0.289 e. The Morgan fingerprint density at radius 1 is 1.17 bits per heavy atom. The Kier molecular flexibility index (Phi) is 4.15. The van der Waals surface area contributed by atoms with Crippen molar-refractivity contribution in [2.45, 2.75) is 6.54 Å². The van der Waals surface area contributed by atoms with Crippen LogP contribution in [-0.2, 0) is 6.54 Å². The quantitative estimate of drug-likeness (QED) is 0.875. The fourth-order valence-electron chi connectivity index (χ4n) is 1.73. The summed E-state index contributed by atoms with van der Waals surface area (Å²) in [6, 6.07) is 13.0. The predicted molar refractivity (Wildman–Crippen MR) is 67.0 cm³/mol. The number of aliphatic hydroxyl groups is 1. The van der Waals surface area contributed by atoms with Gasteiger partial charge in [0.25, 0.3) is 5.91 Å². The molecule has 0 spiro atoms. The standard InChI is InChI=1S/C14H15NO3/c16-9-8-15(11-12-5-2-1-3-6-12)14(17)13-7-4-10-18-13/h1-7,10,16H,8-9,11H2. The van der Waals surface area contributed by atoms with Crippen molar-refractivity contribution in [3.63, 3.8) is 0 Å². The van der Waals surface area contributed by atoms with E-state index in [1.165, 1.54) is 6.26 Å². The lowest BCUT2D eigenvalue weighted by Gasteiger charge is -2.20. The van der Waals surface area contributed by atoms with Gasteiger partial charge in [-0.3, -0.25) is 4.79 Å². The molecule has 0 unspecified atom stereocenters. The third-order valence-electron chi connectivity index (χ3n) is 2.61. The predicted octanol–water partition coefficient (Wildman–Crippen LogP) is 1.91. The van der Waals surface area contributed by atoms with E-state index in [0.717, 1.165) is 5.56 Å². The number of hydrogen-bond acceptors (Lipinski definition) is 3. The highest BCUT2D eigenvalue weighted by Crippen LogP contribution is 2.10. The Hall–Kier alpha value is -2.07. The number of aliphatic hydroxyl groups excluding tert-OH is 1. The lowest BCUT2D eigenvalue weighted by molar-refractivity contribution is 0.0676. The van der Waals surface area contributed by atoms with Gasteiger partial charge < -0.3 is 14.4 Å². The van der Waals surface area contributed by atoms with Crippen molar-refractivity contribution in [2.75, 3.05) is 13.2 Å². The van der Waals surface area contributed by atoms with Crippen molar-refractivity contribution in [1.29, 1.82) is 0 Å². The van der Waals surface area contributed by atoms with Crippen LogP contribution in [0.5, 0.6) is 0 Å². The highest BCUT2D eigenvalue weighted by Gasteiger charge is 2.17. The summed E-state index contributed by atoms with van der Waals surface area (Å²) >= 11 is 0. The van der Waals surface area contributed by atoms with E-state index in [1.807, 2.05) is 30.3 Å². The van der Waals surface area contributed by atoms with E-state index in [4.69, 9.17) is 9.52 Å².